The topological polar surface area (TPSA) is 28.7 Å². The van der Waals surface area contributed by atoms with Gasteiger partial charge in [-0.25, -0.2) is 4.98 Å². The van der Waals surface area contributed by atoms with Crippen LogP contribution in [0.5, 0.6) is 0 Å². The lowest BCUT2D eigenvalue weighted by atomic mass is 10.0. The highest BCUT2D eigenvalue weighted by Crippen LogP contribution is 2.24. The average Bonchev–Trinajstić information content (AvgIpc) is 2.81. The molecule has 0 fully saturated rings. The van der Waals surface area contributed by atoms with E-state index < -0.39 is 0 Å². The number of benzene rings is 2. The van der Waals surface area contributed by atoms with Gasteiger partial charge < -0.3 is 4.98 Å². The normalized spacial score (nSPS) is 11.4. The van der Waals surface area contributed by atoms with Crippen LogP contribution in [-0.4, -0.2) is 9.97 Å². The van der Waals surface area contributed by atoms with Gasteiger partial charge in [-0.05, 0) is 29.7 Å². The van der Waals surface area contributed by atoms with Gasteiger partial charge in [-0.15, -0.1) is 0 Å². The number of nitrogens with one attached hydrogen (secondary N) is 1. The molecule has 0 aliphatic heterocycles. The van der Waals surface area contributed by atoms with Gasteiger partial charge >= 0.3 is 0 Å². The van der Waals surface area contributed by atoms with Gasteiger partial charge in [0.2, 0.25) is 0 Å². The molecule has 1 N–H and O–H groups in total. The number of nitrogens with zero attached hydrogens (tertiary/aromatic N) is 1. The van der Waals surface area contributed by atoms with Crippen LogP contribution in [0, 0.1) is 0 Å². The lowest BCUT2D eigenvalue weighted by Gasteiger charge is -2.05. The highest BCUT2D eigenvalue weighted by molar-refractivity contribution is 6.31. The molecule has 0 atom stereocenters. The zero-order chi connectivity index (χ0) is 13.4. The molecule has 0 saturated heterocycles. The Labute approximate surface area is 117 Å². The molecule has 0 amide bonds. The van der Waals surface area contributed by atoms with E-state index in [1.54, 1.807) is 0 Å². The average molecular weight is 271 g/mol. The summed E-state index contributed by atoms with van der Waals surface area (Å²) in [5, 5.41) is 0.720. The van der Waals surface area contributed by atoms with Crippen LogP contribution >= 0.6 is 11.6 Å². The Kier molecular flexibility index (Phi) is 3.03. The van der Waals surface area contributed by atoms with Crippen LogP contribution < -0.4 is 0 Å². The Morgan fingerprint density at radius 3 is 2.47 bits per heavy atom. The summed E-state index contributed by atoms with van der Waals surface area (Å²) in [4.78, 5) is 7.89. The second-order valence-electron chi connectivity index (χ2n) is 5.02. The Balaban J connectivity index is 2.03. The van der Waals surface area contributed by atoms with E-state index in [1.165, 1.54) is 5.56 Å². The summed E-state index contributed by atoms with van der Waals surface area (Å²) in [7, 11) is 0. The van der Waals surface area contributed by atoms with Gasteiger partial charge in [0.15, 0.2) is 0 Å². The van der Waals surface area contributed by atoms with E-state index in [0.29, 0.717) is 5.92 Å². The molecule has 0 spiro atoms. The summed E-state index contributed by atoms with van der Waals surface area (Å²) < 4.78 is 0. The van der Waals surface area contributed by atoms with E-state index in [-0.39, 0.29) is 0 Å². The van der Waals surface area contributed by atoms with Crippen molar-refractivity contribution in [3.05, 3.63) is 53.1 Å². The fourth-order valence-electron chi connectivity index (χ4n) is 2.14. The van der Waals surface area contributed by atoms with Crippen LogP contribution in [0.3, 0.4) is 0 Å². The maximum absolute atomic E-state index is 5.98. The van der Waals surface area contributed by atoms with Gasteiger partial charge in [0.25, 0.3) is 0 Å². The number of aromatic amines is 1. The molecule has 3 aromatic rings. The molecule has 3 heteroatoms. The lowest BCUT2D eigenvalue weighted by molar-refractivity contribution is 0.867. The van der Waals surface area contributed by atoms with Crippen molar-refractivity contribution < 1.29 is 0 Å². The number of hydrogen-bond acceptors (Lipinski definition) is 1. The second kappa shape index (κ2) is 4.71. The third-order valence-electron chi connectivity index (χ3n) is 3.29. The number of H-pyrrole nitrogens is 1. The van der Waals surface area contributed by atoms with E-state index in [0.717, 1.165) is 27.4 Å². The van der Waals surface area contributed by atoms with E-state index in [1.807, 2.05) is 18.2 Å². The van der Waals surface area contributed by atoms with Crippen molar-refractivity contribution in [3.8, 4) is 11.4 Å². The van der Waals surface area contributed by atoms with Crippen molar-refractivity contribution >= 4 is 22.6 Å². The zero-order valence-electron chi connectivity index (χ0n) is 10.9. The molecule has 2 aromatic carbocycles. The smallest absolute Gasteiger partial charge is 0.138 e. The summed E-state index contributed by atoms with van der Waals surface area (Å²) in [6.07, 6.45) is 0. The second-order valence-corrected chi connectivity index (χ2v) is 5.46. The van der Waals surface area contributed by atoms with E-state index in [9.17, 15) is 0 Å². The van der Waals surface area contributed by atoms with E-state index >= 15 is 0 Å². The molecule has 96 valence electrons. The van der Waals surface area contributed by atoms with Crippen molar-refractivity contribution in [1.82, 2.24) is 9.97 Å². The molecule has 0 unspecified atom stereocenters. The quantitative estimate of drug-likeness (QED) is 0.697. The first-order chi connectivity index (χ1) is 9.13. The molecule has 0 aliphatic carbocycles. The van der Waals surface area contributed by atoms with Gasteiger partial charge in [-0.3, -0.25) is 0 Å². The number of halogens is 1. The molecule has 0 radical (unpaired) electrons. The number of aromatic nitrogens is 2. The van der Waals surface area contributed by atoms with Crippen LogP contribution in [0.4, 0.5) is 0 Å². The standard InChI is InChI=1S/C16H15ClN2/c1-10(2)11-3-5-12(6-4-11)16-18-14-8-7-13(17)9-15(14)19-16/h3-10H,1-2H3,(H,18,19). The molecular weight excluding hydrogens is 256 g/mol. The maximum Gasteiger partial charge on any atom is 0.138 e. The molecule has 2 nitrogen and oxygen atoms in total. The molecule has 3 rings (SSSR count). The molecule has 1 heterocycles. The predicted molar refractivity (Wildman–Crippen MR) is 80.6 cm³/mol. The highest BCUT2D eigenvalue weighted by Gasteiger charge is 2.06. The summed E-state index contributed by atoms with van der Waals surface area (Å²) >= 11 is 5.98. The van der Waals surface area contributed by atoms with Gasteiger partial charge in [-0.2, -0.15) is 0 Å². The number of hydrogen-bond donors (Lipinski definition) is 1. The number of imidazole rings is 1. The van der Waals surface area contributed by atoms with Crippen molar-refractivity contribution in [2.24, 2.45) is 0 Å². The largest absolute Gasteiger partial charge is 0.338 e. The van der Waals surface area contributed by atoms with Crippen LogP contribution in [0.1, 0.15) is 25.3 Å². The molecular formula is C16H15ClN2. The van der Waals surface area contributed by atoms with E-state index in [2.05, 4.69) is 48.1 Å². The first-order valence-electron chi connectivity index (χ1n) is 6.39. The lowest BCUT2D eigenvalue weighted by Crippen LogP contribution is -1.87. The highest BCUT2D eigenvalue weighted by atomic mass is 35.5. The van der Waals surface area contributed by atoms with Crippen LogP contribution in [0.2, 0.25) is 5.02 Å². The monoisotopic (exact) mass is 270 g/mol. The van der Waals surface area contributed by atoms with Crippen molar-refractivity contribution in [2.45, 2.75) is 19.8 Å². The summed E-state index contributed by atoms with van der Waals surface area (Å²) in [5.74, 6) is 1.43. The van der Waals surface area contributed by atoms with E-state index in [4.69, 9.17) is 11.6 Å². The van der Waals surface area contributed by atoms with Gasteiger partial charge in [0, 0.05) is 10.6 Å². The Morgan fingerprint density at radius 1 is 1.05 bits per heavy atom. The first-order valence-corrected chi connectivity index (χ1v) is 6.77. The summed E-state index contributed by atoms with van der Waals surface area (Å²) in [6, 6.07) is 14.2. The Morgan fingerprint density at radius 2 is 1.79 bits per heavy atom. The fraction of sp³-hybridized carbons (Fsp3) is 0.188. The SMILES string of the molecule is CC(C)c1ccc(-c2nc3ccc(Cl)cc3[nH]2)cc1. The van der Waals surface area contributed by atoms with Gasteiger partial charge in [-0.1, -0.05) is 49.7 Å². The molecule has 0 bridgehead atoms. The zero-order valence-corrected chi connectivity index (χ0v) is 11.7. The molecule has 0 aliphatic rings. The van der Waals surface area contributed by atoms with Gasteiger partial charge in [0.1, 0.15) is 5.82 Å². The molecule has 19 heavy (non-hydrogen) atoms. The maximum atomic E-state index is 5.98. The summed E-state index contributed by atoms with van der Waals surface area (Å²) in [6.45, 7) is 4.39. The number of fused-ring (bicyclic) bond motifs is 1. The van der Waals surface area contributed by atoms with Crippen LogP contribution in [0.25, 0.3) is 22.4 Å². The van der Waals surface area contributed by atoms with Crippen LogP contribution in [0.15, 0.2) is 42.5 Å². The minimum absolute atomic E-state index is 0.545. The van der Waals surface area contributed by atoms with Gasteiger partial charge in [0.05, 0.1) is 11.0 Å². The van der Waals surface area contributed by atoms with Crippen molar-refractivity contribution in [3.63, 3.8) is 0 Å². The fourth-order valence-corrected chi connectivity index (χ4v) is 2.32. The minimum atomic E-state index is 0.545. The molecule has 0 saturated carbocycles. The summed E-state index contributed by atoms with van der Waals surface area (Å²) in [5.41, 5.74) is 4.34. The number of rotatable bonds is 2. The van der Waals surface area contributed by atoms with Crippen molar-refractivity contribution in [2.75, 3.05) is 0 Å². The Hall–Kier alpha value is -1.80. The first kappa shape index (κ1) is 12.2. The Bertz CT molecular complexity index is 711. The molecule has 1 aromatic heterocycles. The minimum Gasteiger partial charge on any atom is -0.338 e. The third-order valence-corrected chi connectivity index (χ3v) is 3.53. The van der Waals surface area contributed by atoms with Crippen LogP contribution in [-0.2, 0) is 0 Å². The predicted octanol–water partition coefficient (Wildman–Crippen LogP) is 5.01. The van der Waals surface area contributed by atoms with Crippen molar-refractivity contribution in [1.29, 1.82) is 0 Å². The third kappa shape index (κ3) is 2.36.